The first-order valence-corrected chi connectivity index (χ1v) is 16.9. The van der Waals surface area contributed by atoms with E-state index in [-0.39, 0.29) is 58.2 Å². The largest absolute Gasteiger partial charge is 0.493 e. The average molecular weight is 664 g/mol. The van der Waals surface area contributed by atoms with Crippen LogP contribution in [0.1, 0.15) is 65.4 Å². The number of unbranched alkanes of at least 4 members (excludes halogenated alkanes) is 3. The Balaban J connectivity index is 1.72. The molecule has 0 amide bonds. The summed E-state index contributed by atoms with van der Waals surface area (Å²) in [6.45, 7) is 8.42. The quantitative estimate of drug-likeness (QED) is 0.100. The number of anilines is 1. The SMILES string of the molecule is CCCCCCOC(=O)CCOc1nc(-c2ncccn2)nc(NS(=O)(=O)c2ccc(C(C)(C)C)cc2)c1Oc1ccccc1OC. The van der Waals surface area contributed by atoms with Crippen LogP contribution >= 0.6 is 0 Å². The van der Waals surface area contributed by atoms with Gasteiger partial charge in [0.1, 0.15) is 6.61 Å². The molecular formula is C34H41N5O7S. The van der Waals surface area contributed by atoms with Gasteiger partial charge < -0.3 is 18.9 Å². The third-order valence-corrected chi connectivity index (χ3v) is 8.30. The molecule has 0 aliphatic carbocycles. The first-order valence-electron chi connectivity index (χ1n) is 15.4. The Hall–Kier alpha value is -4.78. The first kappa shape index (κ1) is 35.1. The number of carbonyl (C=O) groups is 1. The summed E-state index contributed by atoms with van der Waals surface area (Å²) in [5.74, 6) is -0.284. The van der Waals surface area contributed by atoms with E-state index in [1.54, 1.807) is 42.5 Å². The van der Waals surface area contributed by atoms with Crippen molar-refractivity contribution in [2.75, 3.05) is 25.0 Å². The molecule has 0 bridgehead atoms. The fourth-order valence-electron chi connectivity index (χ4n) is 4.35. The number of nitrogens with zero attached hydrogens (tertiary/aromatic N) is 4. The number of hydrogen-bond acceptors (Lipinski definition) is 11. The number of ether oxygens (including phenoxy) is 4. The van der Waals surface area contributed by atoms with Gasteiger partial charge in [-0.3, -0.25) is 9.52 Å². The molecule has 12 nitrogen and oxygen atoms in total. The molecule has 0 fully saturated rings. The van der Waals surface area contributed by atoms with Crippen LogP contribution in [0.3, 0.4) is 0 Å². The van der Waals surface area contributed by atoms with Gasteiger partial charge in [-0.25, -0.2) is 23.4 Å². The number of hydrogen-bond donors (Lipinski definition) is 1. The number of sulfonamides is 1. The number of methoxy groups -OCH3 is 1. The van der Waals surface area contributed by atoms with Crippen LogP contribution in [0.15, 0.2) is 71.9 Å². The molecule has 250 valence electrons. The second-order valence-corrected chi connectivity index (χ2v) is 13.3. The fraction of sp³-hybridized carbons (Fsp3) is 0.382. The lowest BCUT2D eigenvalue weighted by Crippen LogP contribution is -2.17. The van der Waals surface area contributed by atoms with E-state index in [0.29, 0.717) is 12.4 Å². The Morgan fingerprint density at radius 3 is 2.21 bits per heavy atom. The maximum absolute atomic E-state index is 13.7. The molecule has 2 heterocycles. The highest BCUT2D eigenvalue weighted by Crippen LogP contribution is 2.41. The van der Waals surface area contributed by atoms with Crippen LogP contribution in [-0.2, 0) is 25.0 Å². The smallest absolute Gasteiger partial charge is 0.309 e. The maximum atomic E-state index is 13.7. The summed E-state index contributed by atoms with van der Waals surface area (Å²) >= 11 is 0. The summed E-state index contributed by atoms with van der Waals surface area (Å²) in [5, 5.41) is 0. The zero-order valence-electron chi connectivity index (χ0n) is 27.4. The predicted molar refractivity (Wildman–Crippen MR) is 177 cm³/mol. The zero-order valence-corrected chi connectivity index (χ0v) is 28.2. The molecule has 0 saturated heterocycles. The van der Waals surface area contributed by atoms with Crippen molar-refractivity contribution in [3.8, 4) is 34.8 Å². The van der Waals surface area contributed by atoms with Gasteiger partial charge in [0.2, 0.25) is 11.6 Å². The summed E-state index contributed by atoms with van der Waals surface area (Å²) in [7, 11) is -2.72. The Labute approximate surface area is 276 Å². The van der Waals surface area contributed by atoms with E-state index < -0.39 is 16.0 Å². The van der Waals surface area contributed by atoms with Gasteiger partial charge in [-0.15, -0.1) is 0 Å². The highest BCUT2D eigenvalue weighted by molar-refractivity contribution is 7.92. The molecule has 0 aliphatic heterocycles. The number of carbonyl (C=O) groups excluding carboxylic acids is 1. The zero-order chi connectivity index (χ0) is 33.9. The predicted octanol–water partition coefficient (Wildman–Crippen LogP) is 6.73. The lowest BCUT2D eigenvalue weighted by atomic mass is 9.87. The molecule has 1 N–H and O–H groups in total. The normalized spacial score (nSPS) is 11.5. The van der Waals surface area contributed by atoms with Gasteiger partial charge in [-0.2, -0.15) is 4.98 Å². The summed E-state index contributed by atoms with van der Waals surface area (Å²) in [6.07, 6.45) is 6.85. The number of rotatable bonds is 16. The van der Waals surface area contributed by atoms with Crippen molar-refractivity contribution < 1.29 is 32.2 Å². The van der Waals surface area contributed by atoms with Crippen molar-refractivity contribution in [2.45, 2.75) is 70.1 Å². The van der Waals surface area contributed by atoms with E-state index >= 15 is 0 Å². The van der Waals surface area contributed by atoms with Gasteiger partial charge in [0.05, 0.1) is 25.0 Å². The van der Waals surface area contributed by atoms with Crippen molar-refractivity contribution in [1.82, 2.24) is 19.9 Å². The Kier molecular flexibility index (Phi) is 12.1. The highest BCUT2D eigenvalue weighted by atomic mass is 32.2. The van der Waals surface area contributed by atoms with E-state index in [1.165, 1.54) is 31.6 Å². The van der Waals surface area contributed by atoms with Gasteiger partial charge in [0.15, 0.2) is 23.1 Å². The first-order chi connectivity index (χ1) is 22.5. The second-order valence-electron chi connectivity index (χ2n) is 11.6. The van der Waals surface area contributed by atoms with E-state index in [9.17, 15) is 13.2 Å². The molecule has 0 saturated carbocycles. The average Bonchev–Trinajstić information content (AvgIpc) is 3.06. The second kappa shape index (κ2) is 16.2. The molecule has 0 spiro atoms. The summed E-state index contributed by atoms with van der Waals surface area (Å²) < 4.78 is 53.0. The number of benzene rings is 2. The van der Waals surface area contributed by atoms with Crippen LogP contribution in [0.25, 0.3) is 11.6 Å². The summed E-state index contributed by atoms with van der Waals surface area (Å²) in [6, 6.07) is 15.0. The van der Waals surface area contributed by atoms with Crippen molar-refractivity contribution in [2.24, 2.45) is 0 Å². The third kappa shape index (κ3) is 9.85. The van der Waals surface area contributed by atoms with E-state index in [4.69, 9.17) is 18.9 Å². The number of nitrogens with one attached hydrogen (secondary N) is 1. The van der Waals surface area contributed by atoms with Crippen LogP contribution in [0.2, 0.25) is 0 Å². The fourth-order valence-corrected chi connectivity index (χ4v) is 5.36. The molecule has 13 heteroatoms. The third-order valence-electron chi connectivity index (χ3n) is 6.95. The van der Waals surface area contributed by atoms with E-state index in [2.05, 4.69) is 31.6 Å². The summed E-state index contributed by atoms with van der Waals surface area (Å²) in [5.41, 5.74) is 0.800. The van der Waals surface area contributed by atoms with Gasteiger partial charge in [-0.1, -0.05) is 71.2 Å². The van der Waals surface area contributed by atoms with E-state index in [1.807, 2.05) is 20.8 Å². The minimum Gasteiger partial charge on any atom is -0.493 e. The number of esters is 1. The van der Waals surface area contributed by atoms with Gasteiger partial charge in [-0.05, 0) is 47.7 Å². The monoisotopic (exact) mass is 663 g/mol. The Morgan fingerprint density at radius 1 is 0.851 bits per heavy atom. The van der Waals surface area contributed by atoms with Crippen molar-refractivity contribution in [3.05, 3.63) is 72.6 Å². The van der Waals surface area contributed by atoms with Gasteiger partial charge >= 0.3 is 5.97 Å². The molecule has 0 radical (unpaired) electrons. The standard InChI is InChI=1S/C34H41N5O7S/c1-6-7-8-11-22-44-28(40)19-23-45-33-29(46-27-14-10-9-13-26(27)43-5)30(37-32(38-33)31-35-20-12-21-36-31)39-47(41,42)25-17-15-24(16-18-25)34(2,3)4/h9-10,12-18,20-21H,6-8,11,19,22-23H2,1-5H3,(H,37,38,39). The molecule has 0 aliphatic rings. The highest BCUT2D eigenvalue weighted by Gasteiger charge is 2.26. The summed E-state index contributed by atoms with van der Waals surface area (Å²) in [4.78, 5) is 29.8. The molecule has 4 aromatic rings. The van der Waals surface area contributed by atoms with Gasteiger partial charge in [0.25, 0.3) is 15.9 Å². The Bertz CT molecular complexity index is 1730. The van der Waals surface area contributed by atoms with Crippen molar-refractivity contribution in [3.63, 3.8) is 0 Å². The molecular weight excluding hydrogens is 622 g/mol. The minimum absolute atomic E-state index is 0.00835. The molecule has 2 aromatic heterocycles. The van der Waals surface area contributed by atoms with Crippen LogP contribution in [0, 0.1) is 0 Å². The van der Waals surface area contributed by atoms with Crippen molar-refractivity contribution in [1.29, 1.82) is 0 Å². The van der Waals surface area contributed by atoms with Crippen LogP contribution in [0.5, 0.6) is 23.1 Å². The molecule has 0 atom stereocenters. The number of aromatic nitrogens is 4. The number of para-hydroxylation sites is 2. The van der Waals surface area contributed by atoms with Gasteiger partial charge in [0, 0.05) is 12.4 Å². The minimum atomic E-state index is -4.19. The van der Waals surface area contributed by atoms with E-state index in [0.717, 1.165) is 31.2 Å². The van der Waals surface area contributed by atoms with Crippen LogP contribution < -0.4 is 18.9 Å². The maximum Gasteiger partial charge on any atom is 0.309 e. The lowest BCUT2D eigenvalue weighted by molar-refractivity contribution is -0.144. The Morgan fingerprint density at radius 2 is 1.55 bits per heavy atom. The van der Waals surface area contributed by atoms with Crippen molar-refractivity contribution >= 4 is 21.8 Å². The molecule has 0 unspecified atom stereocenters. The molecule has 47 heavy (non-hydrogen) atoms. The topological polar surface area (TPSA) is 152 Å². The molecule has 2 aromatic carbocycles. The molecule has 4 rings (SSSR count). The van der Waals surface area contributed by atoms with Crippen LogP contribution in [0.4, 0.5) is 5.82 Å². The lowest BCUT2D eigenvalue weighted by Gasteiger charge is -2.20. The van der Waals surface area contributed by atoms with Crippen LogP contribution in [-0.4, -0.2) is 54.6 Å².